The van der Waals surface area contributed by atoms with Crippen molar-refractivity contribution in [1.29, 1.82) is 0 Å². The predicted octanol–water partition coefficient (Wildman–Crippen LogP) is 0.658. The van der Waals surface area contributed by atoms with E-state index in [4.69, 9.17) is 4.74 Å². The summed E-state index contributed by atoms with van der Waals surface area (Å²) in [6.07, 6.45) is -0.469. The highest BCUT2D eigenvalue weighted by atomic mass is 32.2. The molecule has 2 aliphatic heterocycles. The number of amides is 2. The maximum Gasteiger partial charge on any atom is 0.254 e. The first-order valence-electron chi connectivity index (χ1n) is 6.42. The van der Waals surface area contributed by atoms with Crippen LogP contribution in [0.25, 0.3) is 0 Å². The molecule has 0 saturated carbocycles. The van der Waals surface area contributed by atoms with Crippen LogP contribution in [0.2, 0.25) is 0 Å². The van der Waals surface area contributed by atoms with Gasteiger partial charge < -0.3 is 20.7 Å². The molecule has 2 amide bonds. The third-order valence-electron chi connectivity index (χ3n) is 3.10. The quantitative estimate of drug-likeness (QED) is 0.746. The monoisotopic (exact) mass is 293 g/mol. The van der Waals surface area contributed by atoms with Gasteiger partial charge in [-0.1, -0.05) is 0 Å². The van der Waals surface area contributed by atoms with Crippen LogP contribution in [0.1, 0.15) is 0 Å². The molecule has 2 aliphatic rings. The minimum absolute atomic E-state index is 0.0224. The molecule has 3 rings (SSSR count). The molecule has 6 nitrogen and oxygen atoms in total. The Labute approximate surface area is 120 Å². The minimum Gasteiger partial charge on any atom is -0.366 e. The highest BCUT2D eigenvalue weighted by Gasteiger charge is 2.22. The smallest absolute Gasteiger partial charge is 0.254 e. The number of fused-ring (bicyclic) bond motifs is 1. The molecule has 0 spiro atoms. The summed E-state index contributed by atoms with van der Waals surface area (Å²) in [5.41, 5.74) is 1.40. The van der Waals surface area contributed by atoms with Crippen LogP contribution in [0.5, 0.6) is 0 Å². The average Bonchev–Trinajstić information content (AvgIpc) is 2.47. The first kappa shape index (κ1) is 13.4. The van der Waals surface area contributed by atoms with Crippen molar-refractivity contribution in [2.75, 3.05) is 36.1 Å². The molecule has 3 N–H and O–H groups in total. The van der Waals surface area contributed by atoms with Gasteiger partial charge in [-0.25, -0.2) is 0 Å². The van der Waals surface area contributed by atoms with E-state index in [9.17, 15) is 9.59 Å². The van der Waals surface area contributed by atoms with Crippen LogP contribution in [-0.2, 0) is 14.3 Å². The highest BCUT2D eigenvalue weighted by molar-refractivity contribution is 8.00. The minimum atomic E-state index is -0.469. The van der Waals surface area contributed by atoms with Crippen molar-refractivity contribution in [2.45, 2.75) is 11.0 Å². The SMILES string of the molecule is O=C1CSc2ccc(NC(=O)C3CNCCO3)cc2N1. The number of benzene rings is 1. The molecule has 7 heteroatoms. The fourth-order valence-corrected chi connectivity index (χ4v) is 2.91. The normalized spacial score (nSPS) is 21.8. The van der Waals surface area contributed by atoms with Gasteiger partial charge in [-0.2, -0.15) is 0 Å². The zero-order valence-electron chi connectivity index (χ0n) is 10.8. The summed E-state index contributed by atoms with van der Waals surface area (Å²) in [6, 6.07) is 5.50. The van der Waals surface area contributed by atoms with E-state index < -0.39 is 6.10 Å². The Morgan fingerprint density at radius 2 is 2.35 bits per heavy atom. The predicted molar refractivity (Wildman–Crippen MR) is 77.0 cm³/mol. The molecule has 1 atom stereocenters. The van der Waals surface area contributed by atoms with Crippen LogP contribution < -0.4 is 16.0 Å². The Morgan fingerprint density at radius 1 is 1.45 bits per heavy atom. The Balaban J connectivity index is 1.69. The fourth-order valence-electron chi connectivity index (χ4n) is 2.12. The number of rotatable bonds is 2. The molecule has 2 heterocycles. The second-order valence-corrected chi connectivity index (χ2v) is 5.62. The van der Waals surface area contributed by atoms with Gasteiger partial charge in [-0.3, -0.25) is 9.59 Å². The van der Waals surface area contributed by atoms with Crippen LogP contribution >= 0.6 is 11.8 Å². The topological polar surface area (TPSA) is 79.5 Å². The van der Waals surface area contributed by atoms with Gasteiger partial charge in [0.1, 0.15) is 6.10 Å². The number of nitrogens with one attached hydrogen (secondary N) is 3. The molecule has 0 bridgehead atoms. The van der Waals surface area contributed by atoms with Crippen molar-refractivity contribution >= 4 is 35.0 Å². The molecule has 1 aromatic rings. The van der Waals surface area contributed by atoms with E-state index in [0.29, 0.717) is 24.6 Å². The second-order valence-electron chi connectivity index (χ2n) is 4.60. The van der Waals surface area contributed by atoms with Gasteiger partial charge in [0, 0.05) is 23.7 Å². The summed E-state index contributed by atoms with van der Waals surface area (Å²) in [5, 5.41) is 8.72. The molecule has 0 aliphatic carbocycles. The largest absolute Gasteiger partial charge is 0.366 e. The first-order chi connectivity index (χ1) is 9.72. The van der Waals surface area contributed by atoms with E-state index >= 15 is 0 Å². The summed E-state index contributed by atoms with van der Waals surface area (Å²) in [6.45, 7) is 1.82. The van der Waals surface area contributed by atoms with Gasteiger partial charge in [0.05, 0.1) is 18.0 Å². The summed E-state index contributed by atoms with van der Waals surface area (Å²) in [7, 11) is 0. The molecular formula is C13H15N3O3S. The number of anilines is 2. The first-order valence-corrected chi connectivity index (χ1v) is 7.41. The van der Waals surface area contributed by atoms with Crippen LogP contribution in [0.15, 0.2) is 23.1 Å². The van der Waals surface area contributed by atoms with Crippen molar-refractivity contribution in [3.8, 4) is 0 Å². The summed E-state index contributed by atoms with van der Waals surface area (Å²) < 4.78 is 5.39. The number of carbonyl (C=O) groups excluding carboxylic acids is 2. The average molecular weight is 293 g/mol. The van der Waals surface area contributed by atoms with Gasteiger partial charge in [0.25, 0.3) is 5.91 Å². The number of morpholine rings is 1. The maximum atomic E-state index is 12.0. The number of ether oxygens (including phenoxy) is 1. The molecule has 20 heavy (non-hydrogen) atoms. The van der Waals surface area contributed by atoms with Gasteiger partial charge in [0.15, 0.2) is 0 Å². The summed E-state index contributed by atoms with van der Waals surface area (Å²) in [4.78, 5) is 24.4. The van der Waals surface area contributed by atoms with Crippen LogP contribution in [-0.4, -0.2) is 43.4 Å². The van der Waals surface area contributed by atoms with E-state index in [1.165, 1.54) is 11.8 Å². The van der Waals surface area contributed by atoms with Gasteiger partial charge in [-0.05, 0) is 18.2 Å². The van der Waals surface area contributed by atoms with Gasteiger partial charge >= 0.3 is 0 Å². The van der Waals surface area contributed by atoms with Crippen molar-refractivity contribution in [1.82, 2.24) is 5.32 Å². The zero-order chi connectivity index (χ0) is 13.9. The lowest BCUT2D eigenvalue weighted by Crippen LogP contribution is -2.45. The van der Waals surface area contributed by atoms with E-state index in [1.807, 2.05) is 12.1 Å². The lowest BCUT2D eigenvalue weighted by Gasteiger charge is -2.23. The zero-order valence-corrected chi connectivity index (χ0v) is 11.6. The number of thioether (sulfide) groups is 1. The van der Waals surface area contributed by atoms with Gasteiger partial charge in [-0.15, -0.1) is 11.8 Å². The van der Waals surface area contributed by atoms with E-state index in [-0.39, 0.29) is 11.8 Å². The lowest BCUT2D eigenvalue weighted by atomic mass is 10.2. The number of carbonyl (C=O) groups is 2. The maximum absolute atomic E-state index is 12.0. The highest BCUT2D eigenvalue weighted by Crippen LogP contribution is 2.33. The number of hydrogen-bond donors (Lipinski definition) is 3. The van der Waals surface area contributed by atoms with Gasteiger partial charge in [0.2, 0.25) is 5.91 Å². The summed E-state index contributed by atoms with van der Waals surface area (Å²) in [5.74, 6) is 0.234. The molecular weight excluding hydrogens is 278 g/mol. The molecule has 1 aromatic carbocycles. The Morgan fingerprint density at radius 3 is 3.15 bits per heavy atom. The molecule has 1 fully saturated rings. The van der Waals surface area contributed by atoms with Crippen LogP contribution in [0.4, 0.5) is 11.4 Å². The Hall–Kier alpha value is -1.57. The molecule has 1 saturated heterocycles. The Bertz CT molecular complexity index is 544. The standard InChI is InChI=1S/C13H15N3O3S/c17-12-7-20-11-2-1-8(5-9(11)16-12)15-13(18)10-6-14-3-4-19-10/h1-2,5,10,14H,3-4,6-7H2,(H,15,18)(H,16,17). The third kappa shape index (κ3) is 2.95. The molecule has 1 unspecified atom stereocenters. The van der Waals surface area contributed by atoms with Crippen molar-refractivity contribution < 1.29 is 14.3 Å². The molecule has 0 aromatic heterocycles. The number of hydrogen-bond acceptors (Lipinski definition) is 5. The van der Waals surface area contributed by atoms with Crippen molar-refractivity contribution in [3.05, 3.63) is 18.2 Å². The Kier molecular flexibility index (Phi) is 3.90. The molecule has 106 valence electrons. The van der Waals surface area contributed by atoms with E-state index in [1.54, 1.807) is 6.07 Å². The van der Waals surface area contributed by atoms with E-state index in [0.717, 1.165) is 17.1 Å². The van der Waals surface area contributed by atoms with Crippen LogP contribution in [0.3, 0.4) is 0 Å². The fraction of sp³-hybridized carbons (Fsp3) is 0.385. The lowest BCUT2D eigenvalue weighted by molar-refractivity contribution is -0.128. The van der Waals surface area contributed by atoms with Crippen LogP contribution in [0, 0.1) is 0 Å². The van der Waals surface area contributed by atoms with Crippen molar-refractivity contribution in [3.63, 3.8) is 0 Å². The van der Waals surface area contributed by atoms with E-state index in [2.05, 4.69) is 16.0 Å². The molecule has 0 radical (unpaired) electrons. The van der Waals surface area contributed by atoms with Crippen molar-refractivity contribution in [2.24, 2.45) is 0 Å². The second kappa shape index (κ2) is 5.82. The summed E-state index contributed by atoms with van der Waals surface area (Å²) >= 11 is 1.49. The third-order valence-corrected chi connectivity index (χ3v) is 4.17.